The number of hydrogen-bond donors (Lipinski definition) is 2. The van der Waals surface area contributed by atoms with Crippen molar-refractivity contribution in [3.63, 3.8) is 0 Å². The first kappa shape index (κ1) is 14.3. The van der Waals surface area contributed by atoms with Gasteiger partial charge in [0.25, 0.3) is 0 Å². The summed E-state index contributed by atoms with van der Waals surface area (Å²) in [5.41, 5.74) is -0.0765. The molecule has 2 N–H and O–H groups in total. The fourth-order valence-electron chi connectivity index (χ4n) is 0.362. The van der Waals surface area contributed by atoms with Gasteiger partial charge >= 0.3 is 35.0 Å². The van der Waals surface area contributed by atoms with Crippen molar-refractivity contribution in [2.75, 3.05) is 0 Å². The number of carboxylic acids is 2. The van der Waals surface area contributed by atoms with Gasteiger partial charge in [0.15, 0.2) is 0 Å². The summed E-state index contributed by atoms with van der Waals surface area (Å²) in [6, 6.07) is 0. The Kier molecular flexibility index (Phi) is 7.46. The molecule has 0 saturated carbocycles. The van der Waals surface area contributed by atoms with Gasteiger partial charge in [-0.15, -0.1) is 11.6 Å². The molecule has 0 aliphatic rings. The lowest BCUT2D eigenvalue weighted by Gasteiger charge is -1.96. The maximum atomic E-state index is 10.1. The minimum atomic E-state index is -1.27. The van der Waals surface area contributed by atoms with Gasteiger partial charge in [-0.1, -0.05) is 0 Å². The molecular formula is C6H9ClMgO4. The second-order valence-electron chi connectivity index (χ2n) is 1.89. The Balaban J connectivity index is 0. The number of alkyl halides is 1. The lowest BCUT2D eigenvalue weighted by atomic mass is 10.2. The SMILES string of the molecule is CC(=CC(Cl)C(=O)O)C(=O)O.[MgH2]. The number of hydrogen-bond acceptors (Lipinski definition) is 2. The van der Waals surface area contributed by atoms with Gasteiger partial charge in [-0.3, -0.25) is 4.79 Å². The molecule has 66 valence electrons. The van der Waals surface area contributed by atoms with Crippen LogP contribution in [0, 0.1) is 0 Å². The molecule has 0 aromatic carbocycles. The van der Waals surface area contributed by atoms with Crippen molar-refractivity contribution in [2.24, 2.45) is 0 Å². The van der Waals surface area contributed by atoms with Gasteiger partial charge in [-0.2, -0.15) is 0 Å². The third-order valence-corrected chi connectivity index (χ3v) is 1.28. The molecule has 0 rings (SSSR count). The molecule has 0 aromatic heterocycles. The maximum Gasteiger partial charge on any atom is 0.331 e. The Bertz CT molecular complexity index is 214. The van der Waals surface area contributed by atoms with Crippen LogP contribution < -0.4 is 0 Å². The summed E-state index contributed by atoms with van der Waals surface area (Å²) in [6.45, 7) is 1.28. The van der Waals surface area contributed by atoms with Gasteiger partial charge in [0, 0.05) is 5.57 Å². The summed E-state index contributed by atoms with van der Waals surface area (Å²) in [4.78, 5) is 20.2. The third-order valence-electron chi connectivity index (χ3n) is 0.970. The normalized spacial score (nSPS) is 13.0. The largest absolute Gasteiger partial charge is 0.480 e. The van der Waals surface area contributed by atoms with Crippen molar-refractivity contribution >= 4 is 46.6 Å². The van der Waals surface area contributed by atoms with Crippen LogP contribution in [-0.4, -0.2) is 50.6 Å². The van der Waals surface area contributed by atoms with Gasteiger partial charge < -0.3 is 10.2 Å². The molecule has 1 unspecified atom stereocenters. The topological polar surface area (TPSA) is 74.6 Å². The summed E-state index contributed by atoms with van der Waals surface area (Å²) in [6.07, 6.45) is 0.965. The fraction of sp³-hybridized carbons (Fsp3) is 0.333. The summed E-state index contributed by atoms with van der Waals surface area (Å²) in [7, 11) is 0. The summed E-state index contributed by atoms with van der Waals surface area (Å²) < 4.78 is 0. The average molecular weight is 205 g/mol. The zero-order chi connectivity index (χ0) is 9.02. The van der Waals surface area contributed by atoms with E-state index in [9.17, 15) is 9.59 Å². The van der Waals surface area contributed by atoms with Crippen LogP contribution in [-0.2, 0) is 9.59 Å². The first-order chi connectivity index (χ1) is 4.95. The number of carbonyl (C=O) groups is 2. The summed E-state index contributed by atoms with van der Waals surface area (Å²) in [5.74, 6) is -2.43. The van der Waals surface area contributed by atoms with E-state index in [-0.39, 0.29) is 28.6 Å². The highest BCUT2D eigenvalue weighted by Crippen LogP contribution is 2.02. The molecule has 0 spiro atoms. The van der Waals surface area contributed by atoms with Crippen LogP contribution in [0.1, 0.15) is 6.92 Å². The van der Waals surface area contributed by atoms with Gasteiger partial charge in [-0.25, -0.2) is 4.79 Å². The van der Waals surface area contributed by atoms with Crippen LogP contribution in [0.3, 0.4) is 0 Å². The smallest absolute Gasteiger partial charge is 0.331 e. The van der Waals surface area contributed by atoms with Gasteiger partial charge in [0.05, 0.1) is 0 Å². The van der Waals surface area contributed by atoms with Crippen LogP contribution in [0.5, 0.6) is 0 Å². The minimum absolute atomic E-state index is 0. The number of halogens is 1. The van der Waals surface area contributed by atoms with Crippen LogP contribution in [0.25, 0.3) is 0 Å². The van der Waals surface area contributed by atoms with Crippen LogP contribution in [0.4, 0.5) is 0 Å². The number of rotatable bonds is 3. The molecule has 1 atom stereocenters. The molecule has 0 radical (unpaired) electrons. The summed E-state index contributed by atoms with van der Waals surface area (Å²) >= 11 is 5.22. The molecular weight excluding hydrogens is 196 g/mol. The van der Waals surface area contributed by atoms with E-state index >= 15 is 0 Å². The van der Waals surface area contributed by atoms with Gasteiger partial charge in [-0.05, 0) is 13.0 Å². The number of carboxylic acid groups (broad SMARTS) is 2. The Hall–Kier alpha value is -0.264. The molecule has 6 heteroatoms. The van der Waals surface area contributed by atoms with Crippen molar-refractivity contribution in [3.05, 3.63) is 11.6 Å². The van der Waals surface area contributed by atoms with Crippen molar-refractivity contribution in [1.82, 2.24) is 0 Å². The molecule has 12 heavy (non-hydrogen) atoms. The van der Waals surface area contributed by atoms with E-state index in [1.54, 1.807) is 0 Å². The molecule has 4 nitrogen and oxygen atoms in total. The lowest BCUT2D eigenvalue weighted by Crippen LogP contribution is -2.12. The first-order valence-corrected chi connectivity index (χ1v) is 3.17. The van der Waals surface area contributed by atoms with E-state index in [2.05, 4.69) is 0 Å². The highest BCUT2D eigenvalue weighted by atomic mass is 35.5. The van der Waals surface area contributed by atoms with Crippen LogP contribution in [0.2, 0.25) is 0 Å². The van der Waals surface area contributed by atoms with E-state index in [4.69, 9.17) is 21.8 Å². The summed E-state index contributed by atoms with van der Waals surface area (Å²) in [5, 5.41) is 15.3. The maximum absolute atomic E-state index is 10.1. The lowest BCUT2D eigenvalue weighted by molar-refractivity contribution is -0.135. The Morgan fingerprint density at radius 2 is 1.83 bits per heavy atom. The van der Waals surface area contributed by atoms with E-state index in [1.807, 2.05) is 0 Å². The average Bonchev–Trinajstić information content (AvgIpc) is 1.87. The highest BCUT2D eigenvalue weighted by Gasteiger charge is 2.12. The van der Waals surface area contributed by atoms with Crippen molar-refractivity contribution in [2.45, 2.75) is 12.3 Å². The predicted octanol–water partition coefficient (Wildman–Crippen LogP) is -0.207. The van der Waals surface area contributed by atoms with E-state index in [0.717, 1.165) is 6.08 Å². The Morgan fingerprint density at radius 1 is 1.42 bits per heavy atom. The van der Waals surface area contributed by atoms with Crippen molar-refractivity contribution < 1.29 is 19.8 Å². The zero-order valence-electron chi connectivity index (χ0n) is 5.74. The van der Waals surface area contributed by atoms with E-state index < -0.39 is 17.3 Å². The van der Waals surface area contributed by atoms with E-state index in [1.165, 1.54) is 6.92 Å². The quantitative estimate of drug-likeness (QED) is 0.379. The van der Waals surface area contributed by atoms with Crippen molar-refractivity contribution in [3.8, 4) is 0 Å². The monoisotopic (exact) mass is 204 g/mol. The van der Waals surface area contributed by atoms with Crippen LogP contribution >= 0.6 is 11.6 Å². The van der Waals surface area contributed by atoms with Crippen molar-refractivity contribution in [1.29, 1.82) is 0 Å². The van der Waals surface area contributed by atoms with Gasteiger partial charge in [0.1, 0.15) is 5.38 Å². The molecule has 0 saturated heterocycles. The second kappa shape index (κ2) is 6.27. The molecule has 0 aromatic rings. The molecule has 0 bridgehead atoms. The highest BCUT2D eigenvalue weighted by molar-refractivity contribution is 6.31. The number of aliphatic carboxylic acids is 2. The van der Waals surface area contributed by atoms with Crippen LogP contribution in [0.15, 0.2) is 11.6 Å². The molecule has 0 aliphatic carbocycles. The molecule has 0 heterocycles. The minimum Gasteiger partial charge on any atom is -0.480 e. The molecule has 0 fully saturated rings. The zero-order valence-corrected chi connectivity index (χ0v) is 6.50. The Labute approximate surface area is 90.4 Å². The Morgan fingerprint density at radius 3 is 2.08 bits per heavy atom. The predicted molar refractivity (Wildman–Crippen MR) is 47.2 cm³/mol. The van der Waals surface area contributed by atoms with Gasteiger partial charge in [0.2, 0.25) is 0 Å². The third kappa shape index (κ3) is 5.39. The second-order valence-corrected chi connectivity index (χ2v) is 2.37. The fourth-order valence-corrected chi connectivity index (χ4v) is 0.551. The standard InChI is InChI=1S/C6H7ClO4.Mg.2H/c1-3(5(8)9)2-4(7)6(10)11;;;/h2,4H,1H3,(H,8,9)(H,10,11);;;. The molecule has 0 amide bonds. The van der Waals surface area contributed by atoms with E-state index in [0.29, 0.717) is 0 Å². The first-order valence-electron chi connectivity index (χ1n) is 2.73. The molecule has 0 aliphatic heterocycles.